The summed E-state index contributed by atoms with van der Waals surface area (Å²) in [6, 6.07) is 0. The first kappa shape index (κ1) is 20.6. The number of hydrogen-bond acceptors (Lipinski definition) is 4. The molecule has 0 aliphatic heterocycles. The zero-order chi connectivity index (χ0) is 17.2. The molecule has 0 atom stereocenters. The first-order valence-corrected chi connectivity index (χ1v) is 8.97. The van der Waals surface area contributed by atoms with Gasteiger partial charge in [0.2, 0.25) is 15.9 Å². The van der Waals surface area contributed by atoms with Crippen molar-refractivity contribution in [2.45, 2.75) is 39.7 Å². The minimum Gasteiger partial charge on any atom is -0.356 e. The third-order valence-electron chi connectivity index (χ3n) is 2.50. The molecule has 9 heteroatoms. The first-order valence-electron chi connectivity index (χ1n) is 7.32. The van der Waals surface area contributed by atoms with E-state index in [0.717, 1.165) is 0 Å². The van der Waals surface area contributed by atoms with E-state index < -0.39 is 10.0 Å². The molecule has 4 N–H and O–H groups in total. The molecule has 22 heavy (non-hydrogen) atoms. The summed E-state index contributed by atoms with van der Waals surface area (Å²) in [7, 11) is -1.53. The quantitative estimate of drug-likeness (QED) is 0.269. The zero-order valence-electron chi connectivity index (χ0n) is 14.1. The average Bonchev–Trinajstić information content (AvgIpc) is 2.39. The van der Waals surface area contributed by atoms with Crippen molar-refractivity contribution in [3.8, 4) is 0 Å². The Labute approximate surface area is 133 Å². The Bertz CT molecular complexity index is 469. The zero-order valence-corrected chi connectivity index (χ0v) is 14.9. The van der Waals surface area contributed by atoms with Crippen molar-refractivity contribution in [2.24, 2.45) is 4.99 Å². The van der Waals surface area contributed by atoms with Gasteiger partial charge in [-0.25, -0.2) is 13.1 Å². The van der Waals surface area contributed by atoms with Gasteiger partial charge in [0.15, 0.2) is 5.96 Å². The lowest BCUT2D eigenvalue weighted by Crippen LogP contribution is -2.48. The molecule has 0 heterocycles. The maximum atomic E-state index is 11.7. The Kier molecular flexibility index (Phi) is 9.03. The van der Waals surface area contributed by atoms with E-state index in [-0.39, 0.29) is 23.7 Å². The van der Waals surface area contributed by atoms with Crippen LogP contribution in [0.1, 0.15) is 34.1 Å². The molecule has 0 spiro atoms. The Morgan fingerprint density at radius 2 is 1.77 bits per heavy atom. The summed E-state index contributed by atoms with van der Waals surface area (Å²) in [4.78, 5) is 15.7. The number of hydrogen-bond donors (Lipinski definition) is 4. The Morgan fingerprint density at radius 3 is 2.27 bits per heavy atom. The summed E-state index contributed by atoms with van der Waals surface area (Å²) < 4.78 is 24.9. The minimum absolute atomic E-state index is 0.0759. The van der Waals surface area contributed by atoms with Crippen LogP contribution in [0.25, 0.3) is 0 Å². The monoisotopic (exact) mass is 335 g/mol. The fraction of sp³-hybridized carbons (Fsp3) is 0.846. The number of aliphatic imine (C=N–C) groups is 1. The van der Waals surface area contributed by atoms with Gasteiger partial charge in [0, 0.05) is 25.7 Å². The fourth-order valence-electron chi connectivity index (χ4n) is 1.47. The molecule has 0 aliphatic rings. The third-order valence-corrected chi connectivity index (χ3v) is 3.91. The van der Waals surface area contributed by atoms with Gasteiger partial charge >= 0.3 is 0 Å². The molecule has 0 bridgehead atoms. The summed E-state index contributed by atoms with van der Waals surface area (Å²) in [5.74, 6) is 0.459. The lowest BCUT2D eigenvalue weighted by Gasteiger charge is -2.21. The normalized spacial score (nSPS) is 12.9. The maximum Gasteiger partial charge on any atom is 0.239 e. The molecule has 0 saturated heterocycles. The lowest BCUT2D eigenvalue weighted by molar-refractivity contribution is -0.121. The van der Waals surface area contributed by atoms with Gasteiger partial charge in [0.1, 0.15) is 0 Å². The van der Waals surface area contributed by atoms with Gasteiger partial charge in [0.05, 0.1) is 12.3 Å². The van der Waals surface area contributed by atoms with Gasteiger partial charge in [-0.15, -0.1) is 0 Å². The van der Waals surface area contributed by atoms with Crippen molar-refractivity contribution in [2.75, 3.05) is 32.4 Å². The Hall–Kier alpha value is -1.35. The maximum absolute atomic E-state index is 11.7. The van der Waals surface area contributed by atoms with Crippen molar-refractivity contribution >= 4 is 21.9 Å². The summed E-state index contributed by atoms with van der Waals surface area (Å²) in [6.45, 7) is 8.37. The highest BCUT2D eigenvalue weighted by molar-refractivity contribution is 7.89. The highest BCUT2D eigenvalue weighted by atomic mass is 32.2. The van der Waals surface area contributed by atoms with E-state index >= 15 is 0 Å². The summed E-state index contributed by atoms with van der Waals surface area (Å²) in [6.07, 6.45) is 0.619. The molecule has 0 fully saturated rings. The van der Waals surface area contributed by atoms with Crippen LogP contribution < -0.4 is 20.7 Å². The van der Waals surface area contributed by atoms with Gasteiger partial charge in [-0.05, 0) is 34.1 Å². The summed E-state index contributed by atoms with van der Waals surface area (Å²) in [5.41, 5.74) is -0.272. The van der Waals surface area contributed by atoms with Crippen LogP contribution in [0.4, 0.5) is 0 Å². The summed E-state index contributed by atoms with van der Waals surface area (Å²) in [5, 5.41) is 8.75. The van der Waals surface area contributed by atoms with Crippen molar-refractivity contribution < 1.29 is 13.2 Å². The van der Waals surface area contributed by atoms with Gasteiger partial charge in [-0.2, -0.15) is 0 Å². The topological polar surface area (TPSA) is 112 Å². The predicted octanol–water partition coefficient (Wildman–Crippen LogP) is -0.604. The first-order chi connectivity index (χ1) is 10.1. The van der Waals surface area contributed by atoms with E-state index in [1.165, 1.54) is 0 Å². The number of nitrogens with one attached hydrogen (secondary N) is 4. The molecule has 0 aromatic heterocycles. The summed E-state index contributed by atoms with van der Waals surface area (Å²) >= 11 is 0. The van der Waals surface area contributed by atoms with Crippen LogP contribution in [0.3, 0.4) is 0 Å². The third kappa shape index (κ3) is 11.3. The van der Waals surface area contributed by atoms with Gasteiger partial charge in [-0.3, -0.25) is 9.79 Å². The second-order valence-electron chi connectivity index (χ2n) is 5.80. The highest BCUT2D eigenvalue weighted by Crippen LogP contribution is 1.97. The van der Waals surface area contributed by atoms with Crippen molar-refractivity contribution in [3.63, 3.8) is 0 Å². The number of rotatable bonds is 8. The minimum atomic E-state index is -3.14. The molecule has 0 aromatic carbocycles. The van der Waals surface area contributed by atoms with Crippen molar-refractivity contribution in [3.05, 3.63) is 0 Å². The van der Waals surface area contributed by atoms with Crippen LogP contribution in [0.15, 0.2) is 4.99 Å². The van der Waals surface area contributed by atoms with Gasteiger partial charge in [0.25, 0.3) is 0 Å². The standard InChI is InChI=1S/C13H29N5O3S/c1-6-22(20,21)17-9-7-8-15-12(14-5)16-10-11(19)18-13(2,3)4/h17H,6-10H2,1-5H3,(H,18,19)(H2,14,15,16). The molecule has 0 aliphatic carbocycles. The van der Waals surface area contributed by atoms with E-state index in [9.17, 15) is 13.2 Å². The average molecular weight is 335 g/mol. The molecule has 0 unspecified atom stereocenters. The Morgan fingerprint density at radius 1 is 1.14 bits per heavy atom. The van der Waals surface area contributed by atoms with E-state index in [1.807, 2.05) is 20.8 Å². The number of guanidine groups is 1. The van der Waals surface area contributed by atoms with E-state index in [4.69, 9.17) is 0 Å². The fourth-order valence-corrected chi connectivity index (χ4v) is 2.13. The number of sulfonamides is 1. The molecule has 130 valence electrons. The van der Waals surface area contributed by atoms with Crippen LogP contribution in [0.2, 0.25) is 0 Å². The molecule has 0 radical (unpaired) electrons. The smallest absolute Gasteiger partial charge is 0.239 e. The second-order valence-corrected chi connectivity index (χ2v) is 7.90. The van der Waals surface area contributed by atoms with E-state index in [2.05, 4.69) is 25.7 Å². The molecule has 0 saturated carbocycles. The molecular formula is C13H29N5O3S. The van der Waals surface area contributed by atoms with Gasteiger partial charge in [-0.1, -0.05) is 0 Å². The van der Waals surface area contributed by atoms with Crippen molar-refractivity contribution in [1.29, 1.82) is 0 Å². The molecular weight excluding hydrogens is 306 g/mol. The predicted molar refractivity (Wildman–Crippen MR) is 89.3 cm³/mol. The van der Waals surface area contributed by atoms with Crippen LogP contribution in [-0.4, -0.2) is 58.3 Å². The number of nitrogens with zero attached hydrogens (tertiary/aromatic N) is 1. The second kappa shape index (κ2) is 9.62. The lowest BCUT2D eigenvalue weighted by atomic mass is 10.1. The number of carbonyl (C=O) groups excluding carboxylic acids is 1. The van der Waals surface area contributed by atoms with Crippen LogP contribution >= 0.6 is 0 Å². The van der Waals surface area contributed by atoms with Crippen LogP contribution in [0, 0.1) is 0 Å². The van der Waals surface area contributed by atoms with Crippen LogP contribution in [0.5, 0.6) is 0 Å². The van der Waals surface area contributed by atoms with E-state index in [0.29, 0.717) is 25.5 Å². The molecule has 0 aromatic rings. The highest BCUT2D eigenvalue weighted by Gasteiger charge is 2.13. The van der Waals surface area contributed by atoms with Crippen molar-refractivity contribution in [1.82, 2.24) is 20.7 Å². The molecule has 1 amide bonds. The van der Waals surface area contributed by atoms with Gasteiger partial charge < -0.3 is 16.0 Å². The number of carbonyl (C=O) groups is 1. The molecule has 0 rings (SSSR count). The molecule has 8 nitrogen and oxygen atoms in total. The largest absolute Gasteiger partial charge is 0.356 e. The SMILES string of the molecule is CCS(=O)(=O)NCCCNC(=NC)NCC(=O)NC(C)(C)C. The van der Waals surface area contributed by atoms with E-state index in [1.54, 1.807) is 14.0 Å². The van der Waals surface area contributed by atoms with Crippen LogP contribution in [-0.2, 0) is 14.8 Å². The Balaban J connectivity index is 3.93. The number of amides is 1.